The Morgan fingerprint density at radius 2 is 1.79 bits per heavy atom. The minimum atomic E-state index is -1.63. The van der Waals surface area contributed by atoms with Crippen LogP contribution in [0.5, 0.6) is 11.5 Å². The van der Waals surface area contributed by atoms with Crippen LogP contribution in [0.25, 0.3) is 0 Å². The predicted molar refractivity (Wildman–Crippen MR) is 111 cm³/mol. The molecule has 1 aliphatic rings. The van der Waals surface area contributed by atoms with Gasteiger partial charge in [0.15, 0.2) is 17.3 Å². The van der Waals surface area contributed by atoms with Crippen molar-refractivity contribution >= 4 is 20.0 Å². The first-order valence-corrected chi connectivity index (χ1v) is 12.9. The molecule has 7 heteroatoms. The number of amides is 1. The molecular weight excluding hydrogens is 374 g/mol. The van der Waals surface area contributed by atoms with Crippen molar-refractivity contribution in [2.75, 3.05) is 27.9 Å². The van der Waals surface area contributed by atoms with Gasteiger partial charge in [0.1, 0.15) is 8.07 Å². The van der Waals surface area contributed by atoms with Crippen LogP contribution in [0.4, 0.5) is 4.79 Å². The molecule has 1 fully saturated rings. The Morgan fingerprint density at radius 1 is 1.14 bits per heavy atom. The van der Waals surface area contributed by atoms with Gasteiger partial charge in [-0.2, -0.15) is 0 Å². The van der Waals surface area contributed by atoms with Gasteiger partial charge in [-0.25, -0.2) is 4.79 Å². The predicted octanol–water partition coefficient (Wildman–Crippen LogP) is 3.74. The summed E-state index contributed by atoms with van der Waals surface area (Å²) in [5.41, 5.74) is 4.44. The number of nitrogens with zero attached hydrogens (tertiary/aromatic N) is 1. The Morgan fingerprint density at radius 3 is 2.36 bits per heavy atom. The summed E-state index contributed by atoms with van der Waals surface area (Å²) in [7, 11) is 2.83. The van der Waals surface area contributed by atoms with E-state index in [1.165, 1.54) is 14.2 Å². The van der Waals surface area contributed by atoms with E-state index in [0.717, 1.165) is 12.8 Å². The average molecular weight is 404 g/mol. The highest BCUT2D eigenvalue weighted by atomic mass is 28.3. The van der Waals surface area contributed by atoms with E-state index < -0.39 is 8.07 Å². The van der Waals surface area contributed by atoms with Gasteiger partial charge in [-0.3, -0.25) is 4.79 Å². The molecule has 6 nitrogen and oxygen atoms in total. The van der Waals surface area contributed by atoms with Crippen LogP contribution < -0.4 is 9.47 Å². The van der Waals surface area contributed by atoms with E-state index in [9.17, 15) is 9.59 Å². The van der Waals surface area contributed by atoms with Gasteiger partial charge in [0.2, 0.25) is 0 Å². The third-order valence-electron chi connectivity index (χ3n) is 4.60. The van der Waals surface area contributed by atoms with E-state index in [1.807, 2.05) is 0 Å². The Bertz CT molecular complexity index is 803. The van der Waals surface area contributed by atoms with Crippen molar-refractivity contribution in [1.82, 2.24) is 4.90 Å². The molecule has 0 saturated carbocycles. The van der Waals surface area contributed by atoms with E-state index >= 15 is 0 Å². The molecule has 0 bridgehead atoms. The average Bonchev–Trinajstić information content (AvgIpc) is 3.12. The molecule has 2 rings (SSSR count). The molecule has 0 radical (unpaired) electrons. The van der Waals surface area contributed by atoms with Crippen molar-refractivity contribution in [3.8, 4) is 23.0 Å². The Hall–Kier alpha value is -2.46. The number of hydrogen-bond acceptors (Lipinski definition) is 5. The Labute approximate surface area is 168 Å². The standard InChI is InChI=1S/C21H29NO5Si/c1-25-19-12-15(9-11-28(4,5)6)17(14-20(19)26-2)18(23)13-16-8-7-10-22(16)21(24)27-3/h12,14,16H,7-8,10,13H2,1-6H3/t16-/m0/s1. The number of rotatable bonds is 5. The molecule has 1 saturated heterocycles. The summed E-state index contributed by atoms with van der Waals surface area (Å²) in [6, 6.07) is 3.28. The van der Waals surface area contributed by atoms with Gasteiger partial charge in [-0.05, 0) is 18.9 Å². The Kier molecular flexibility index (Phi) is 7.14. The second-order valence-corrected chi connectivity index (χ2v) is 12.6. The van der Waals surface area contributed by atoms with Crippen LogP contribution in [0, 0.1) is 11.5 Å². The fraction of sp³-hybridized carbons (Fsp3) is 0.524. The second-order valence-electron chi connectivity index (χ2n) is 7.84. The Balaban J connectivity index is 2.39. The van der Waals surface area contributed by atoms with Crippen LogP contribution in [-0.4, -0.2) is 58.8 Å². The lowest BCUT2D eigenvalue weighted by atomic mass is 9.97. The van der Waals surface area contributed by atoms with Crippen LogP contribution in [0.2, 0.25) is 19.6 Å². The SMILES string of the molecule is COC(=O)N1CCC[C@H]1CC(=O)c1cc(OC)c(OC)cc1C#C[Si](C)(C)C. The summed E-state index contributed by atoms with van der Waals surface area (Å²) in [4.78, 5) is 26.7. The van der Waals surface area contributed by atoms with Crippen LogP contribution in [0.1, 0.15) is 35.2 Å². The number of Topliss-reactive ketones (excluding diaryl/α,β-unsaturated/α-hetero) is 1. The van der Waals surface area contributed by atoms with Gasteiger partial charge in [0, 0.05) is 36.2 Å². The molecule has 1 aliphatic heterocycles. The van der Waals surface area contributed by atoms with E-state index in [2.05, 4.69) is 31.1 Å². The van der Waals surface area contributed by atoms with Crippen LogP contribution in [-0.2, 0) is 4.74 Å². The van der Waals surface area contributed by atoms with Crippen molar-refractivity contribution in [2.45, 2.75) is 44.9 Å². The van der Waals surface area contributed by atoms with Gasteiger partial charge < -0.3 is 19.1 Å². The first-order chi connectivity index (χ1) is 13.2. The van der Waals surface area contributed by atoms with Gasteiger partial charge in [-0.1, -0.05) is 25.6 Å². The van der Waals surface area contributed by atoms with Crippen molar-refractivity contribution in [1.29, 1.82) is 0 Å². The van der Waals surface area contributed by atoms with E-state index in [0.29, 0.717) is 29.2 Å². The maximum absolute atomic E-state index is 13.1. The van der Waals surface area contributed by atoms with Crippen LogP contribution in [0.15, 0.2) is 12.1 Å². The summed E-state index contributed by atoms with van der Waals surface area (Å²) in [5.74, 6) is 4.14. The zero-order chi connectivity index (χ0) is 20.9. The van der Waals surface area contributed by atoms with E-state index in [1.54, 1.807) is 24.1 Å². The number of ether oxygens (including phenoxy) is 3. The smallest absolute Gasteiger partial charge is 0.409 e. The number of benzene rings is 1. The first-order valence-electron chi connectivity index (χ1n) is 9.37. The van der Waals surface area contributed by atoms with Crippen molar-refractivity contribution in [3.63, 3.8) is 0 Å². The number of methoxy groups -OCH3 is 3. The van der Waals surface area contributed by atoms with Crippen LogP contribution in [0.3, 0.4) is 0 Å². The van der Waals surface area contributed by atoms with Gasteiger partial charge in [0.05, 0.1) is 21.3 Å². The molecule has 1 aromatic carbocycles. The number of ketones is 1. The quantitative estimate of drug-likeness (QED) is 0.426. The lowest BCUT2D eigenvalue weighted by Gasteiger charge is -2.23. The summed E-state index contributed by atoms with van der Waals surface area (Å²) >= 11 is 0. The lowest BCUT2D eigenvalue weighted by molar-refractivity contribution is 0.0914. The third-order valence-corrected chi connectivity index (χ3v) is 5.48. The molecule has 0 aliphatic carbocycles. The number of carbonyl (C=O) groups excluding carboxylic acids is 2. The minimum Gasteiger partial charge on any atom is -0.493 e. The monoisotopic (exact) mass is 403 g/mol. The van der Waals surface area contributed by atoms with Crippen LogP contribution >= 0.6 is 0 Å². The second kappa shape index (κ2) is 9.15. The molecular formula is C21H29NO5Si. The fourth-order valence-electron chi connectivity index (χ4n) is 3.20. The summed E-state index contributed by atoms with van der Waals surface area (Å²) < 4.78 is 15.6. The highest BCUT2D eigenvalue weighted by molar-refractivity contribution is 6.83. The molecule has 0 N–H and O–H groups in total. The zero-order valence-electron chi connectivity index (χ0n) is 17.5. The normalized spacial score (nSPS) is 16.2. The van der Waals surface area contributed by atoms with Gasteiger partial charge in [-0.15, -0.1) is 5.54 Å². The summed E-state index contributed by atoms with van der Waals surface area (Å²) in [6.45, 7) is 7.05. The largest absolute Gasteiger partial charge is 0.493 e. The number of carbonyl (C=O) groups is 2. The van der Waals surface area contributed by atoms with E-state index in [4.69, 9.17) is 14.2 Å². The molecule has 1 amide bonds. The zero-order valence-corrected chi connectivity index (χ0v) is 18.5. The van der Waals surface area contributed by atoms with Gasteiger partial charge >= 0.3 is 6.09 Å². The summed E-state index contributed by atoms with van der Waals surface area (Å²) in [5, 5.41) is 0. The highest BCUT2D eigenvalue weighted by Crippen LogP contribution is 2.32. The molecule has 28 heavy (non-hydrogen) atoms. The lowest BCUT2D eigenvalue weighted by Crippen LogP contribution is -2.36. The molecule has 1 atom stereocenters. The molecule has 0 spiro atoms. The maximum Gasteiger partial charge on any atom is 0.409 e. The maximum atomic E-state index is 13.1. The van der Waals surface area contributed by atoms with Crippen molar-refractivity contribution < 1.29 is 23.8 Å². The molecule has 1 aromatic rings. The minimum absolute atomic E-state index is 0.0679. The molecule has 1 heterocycles. The number of hydrogen-bond donors (Lipinski definition) is 0. The summed E-state index contributed by atoms with van der Waals surface area (Å²) in [6.07, 6.45) is 1.48. The van der Waals surface area contributed by atoms with Gasteiger partial charge in [0.25, 0.3) is 0 Å². The highest BCUT2D eigenvalue weighted by Gasteiger charge is 2.32. The fourth-order valence-corrected chi connectivity index (χ4v) is 3.71. The van der Waals surface area contributed by atoms with E-state index in [-0.39, 0.29) is 24.3 Å². The molecule has 0 aromatic heterocycles. The molecule has 0 unspecified atom stereocenters. The van der Waals surface area contributed by atoms with Crippen molar-refractivity contribution in [3.05, 3.63) is 23.3 Å². The topological polar surface area (TPSA) is 65.1 Å². The molecule has 152 valence electrons. The number of likely N-dealkylation sites (tertiary alicyclic amines) is 1. The van der Waals surface area contributed by atoms with Crippen molar-refractivity contribution in [2.24, 2.45) is 0 Å². The first kappa shape index (κ1) is 21.8. The third kappa shape index (κ3) is 5.29.